The second-order valence-electron chi connectivity index (χ2n) is 5.62. The normalized spacial score (nSPS) is 14.2. The predicted molar refractivity (Wildman–Crippen MR) is 86.3 cm³/mol. The third kappa shape index (κ3) is 3.81. The van der Waals surface area contributed by atoms with Gasteiger partial charge in [-0.3, -0.25) is 9.59 Å². The standard InChI is InChI=1S/C16H14F3N3O2S/c1-9(23)20-15-21-12-6-7-22(8-13(12)25-15)14(24)10-2-4-11(5-3-10)16(17,18)19/h2-5H,6-8H2,1H3,(H,20,21,23). The summed E-state index contributed by atoms with van der Waals surface area (Å²) >= 11 is 1.30. The van der Waals surface area contributed by atoms with Crippen LogP contribution in [-0.2, 0) is 23.9 Å². The lowest BCUT2D eigenvalue weighted by molar-refractivity contribution is -0.137. The van der Waals surface area contributed by atoms with Crippen molar-refractivity contribution in [2.45, 2.75) is 26.1 Å². The van der Waals surface area contributed by atoms with Gasteiger partial charge < -0.3 is 10.2 Å². The topological polar surface area (TPSA) is 62.3 Å². The Kier molecular flexibility index (Phi) is 4.51. The van der Waals surface area contributed by atoms with E-state index in [4.69, 9.17) is 0 Å². The molecule has 25 heavy (non-hydrogen) atoms. The summed E-state index contributed by atoms with van der Waals surface area (Å²) in [6.07, 6.45) is -3.89. The highest BCUT2D eigenvalue weighted by Crippen LogP contribution is 2.31. The Balaban J connectivity index is 1.74. The van der Waals surface area contributed by atoms with Crippen LogP contribution >= 0.6 is 11.3 Å². The highest BCUT2D eigenvalue weighted by molar-refractivity contribution is 7.15. The molecule has 0 unspecified atom stereocenters. The maximum absolute atomic E-state index is 12.6. The quantitative estimate of drug-likeness (QED) is 0.883. The van der Waals surface area contributed by atoms with Gasteiger partial charge in [-0.05, 0) is 24.3 Å². The van der Waals surface area contributed by atoms with Gasteiger partial charge in [-0.2, -0.15) is 13.2 Å². The number of thiazole rings is 1. The Hall–Kier alpha value is -2.42. The molecule has 1 aromatic carbocycles. The van der Waals surface area contributed by atoms with Crippen LogP contribution in [0.5, 0.6) is 0 Å². The first-order chi connectivity index (χ1) is 11.7. The highest BCUT2D eigenvalue weighted by Gasteiger charge is 2.31. The number of nitrogens with zero attached hydrogens (tertiary/aromatic N) is 2. The van der Waals surface area contributed by atoms with Crippen LogP contribution in [0.3, 0.4) is 0 Å². The molecule has 0 bridgehead atoms. The Morgan fingerprint density at radius 1 is 1.24 bits per heavy atom. The number of aromatic nitrogens is 1. The fourth-order valence-electron chi connectivity index (χ4n) is 2.56. The first-order valence-corrected chi connectivity index (χ1v) is 8.28. The van der Waals surface area contributed by atoms with Gasteiger partial charge >= 0.3 is 6.18 Å². The average Bonchev–Trinajstić information content (AvgIpc) is 2.93. The summed E-state index contributed by atoms with van der Waals surface area (Å²) < 4.78 is 37.8. The zero-order valence-electron chi connectivity index (χ0n) is 13.2. The maximum Gasteiger partial charge on any atom is 0.416 e. The molecule has 0 saturated carbocycles. The van der Waals surface area contributed by atoms with E-state index < -0.39 is 11.7 Å². The molecule has 2 aromatic rings. The van der Waals surface area contributed by atoms with Gasteiger partial charge in [0, 0.05) is 30.3 Å². The van der Waals surface area contributed by atoms with Crippen molar-refractivity contribution in [2.24, 2.45) is 0 Å². The third-order valence-corrected chi connectivity index (χ3v) is 4.76. The van der Waals surface area contributed by atoms with Crippen LogP contribution in [0.2, 0.25) is 0 Å². The van der Waals surface area contributed by atoms with Crippen LogP contribution in [0.1, 0.15) is 33.4 Å². The molecule has 1 aliphatic heterocycles. The number of hydrogen-bond donors (Lipinski definition) is 1. The van der Waals surface area contributed by atoms with Crippen molar-refractivity contribution in [2.75, 3.05) is 11.9 Å². The van der Waals surface area contributed by atoms with Gasteiger partial charge in [0.15, 0.2) is 5.13 Å². The number of nitrogens with one attached hydrogen (secondary N) is 1. The second kappa shape index (κ2) is 6.47. The van der Waals surface area contributed by atoms with Gasteiger partial charge in [0.2, 0.25) is 5.91 Å². The van der Waals surface area contributed by atoms with E-state index in [0.717, 1.165) is 22.7 Å². The second-order valence-corrected chi connectivity index (χ2v) is 6.71. The predicted octanol–water partition coefficient (Wildman–Crippen LogP) is 3.32. The number of amides is 2. The van der Waals surface area contributed by atoms with Crippen molar-refractivity contribution < 1.29 is 22.8 Å². The Morgan fingerprint density at radius 2 is 1.92 bits per heavy atom. The largest absolute Gasteiger partial charge is 0.416 e. The number of rotatable bonds is 2. The van der Waals surface area contributed by atoms with Crippen molar-refractivity contribution in [3.63, 3.8) is 0 Å². The molecule has 5 nitrogen and oxygen atoms in total. The zero-order chi connectivity index (χ0) is 18.2. The summed E-state index contributed by atoms with van der Waals surface area (Å²) in [6.45, 7) is 2.14. The average molecular weight is 369 g/mol. The summed E-state index contributed by atoms with van der Waals surface area (Å²) in [4.78, 5) is 30.4. The first-order valence-electron chi connectivity index (χ1n) is 7.47. The van der Waals surface area contributed by atoms with Gasteiger partial charge in [-0.15, -0.1) is 0 Å². The minimum Gasteiger partial charge on any atom is -0.333 e. The molecule has 2 amide bonds. The van der Waals surface area contributed by atoms with Crippen molar-refractivity contribution in [1.29, 1.82) is 0 Å². The van der Waals surface area contributed by atoms with E-state index in [1.165, 1.54) is 30.4 Å². The maximum atomic E-state index is 12.6. The van der Waals surface area contributed by atoms with Gasteiger partial charge in [0.1, 0.15) is 0 Å². The van der Waals surface area contributed by atoms with E-state index in [0.29, 0.717) is 24.6 Å². The molecule has 1 N–H and O–H groups in total. The molecule has 9 heteroatoms. The number of fused-ring (bicyclic) bond motifs is 1. The molecule has 0 saturated heterocycles. The van der Waals surface area contributed by atoms with Crippen molar-refractivity contribution in [3.8, 4) is 0 Å². The Morgan fingerprint density at radius 3 is 2.52 bits per heavy atom. The molecule has 0 atom stereocenters. The lowest BCUT2D eigenvalue weighted by atomic mass is 10.1. The van der Waals surface area contributed by atoms with E-state index in [-0.39, 0.29) is 17.4 Å². The third-order valence-electron chi connectivity index (χ3n) is 3.76. The number of benzene rings is 1. The minimum absolute atomic E-state index is 0.211. The fourth-order valence-corrected chi connectivity index (χ4v) is 3.63. The SMILES string of the molecule is CC(=O)Nc1nc2c(s1)CN(C(=O)c1ccc(C(F)(F)F)cc1)CC2. The molecule has 1 aliphatic rings. The minimum atomic E-state index is -4.43. The van der Waals surface area contributed by atoms with Crippen LogP contribution in [0.25, 0.3) is 0 Å². The number of hydrogen-bond acceptors (Lipinski definition) is 4. The molecule has 0 aliphatic carbocycles. The van der Waals surface area contributed by atoms with Crippen molar-refractivity contribution in [3.05, 3.63) is 46.0 Å². The molecule has 2 heterocycles. The van der Waals surface area contributed by atoms with Crippen LogP contribution in [0.4, 0.5) is 18.3 Å². The summed E-state index contributed by atoms with van der Waals surface area (Å²) in [5.41, 5.74) is 0.264. The molecule has 132 valence electrons. The van der Waals surface area contributed by atoms with Crippen LogP contribution in [0, 0.1) is 0 Å². The lowest BCUT2D eigenvalue weighted by Crippen LogP contribution is -2.35. The fraction of sp³-hybridized carbons (Fsp3) is 0.312. The monoisotopic (exact) mass is 369 g/mol. The molecule has 0 spiro atoms. The van der Waals surface area contributed by atoms with Gasteiger partial charge in [-0.25, -0.2) is 4.98 Å². The van der Waals surface area contributed by atoms with Crippen molar-refractivity contribution >= 4 is 28.3 Å². The van der Waals surface area contributed by atoms with Gasteiger partial charge in [0.05, 0.1) is 17.8 Å². The first kappa shape index (κ1) is 17.4. The summed E-state index contributed by atoms with van der Waals surface area (Å²) in [5, 5.41) is 3.10. The zero-order valence-corrected chi connectivity index (χ0v) is 14.0. The van der Waals surface area contributed by atoms with Crippen LogP contribution < -0.4 is 5.32 Å². The Labute approximate surface area is 145 Å². The van der Waals surface area contributed by atoms with Crippen LogP contribution in [0.15, 0.2) is 24.3 Å². The number of carbonyl (C=O) groups is 2. The van der Waals surface area contributed by atoms with E-state index in [1.54, 1.807) is 4.90 Å². The van der Waals surface area contributed by atoms with E-state index in [1.807, 2.05) is 0 Å². The summed E-state index contributed by atoms with van der Waals surface area (Å²) in [5.74, 6) is -0.544. The highest BCUT2D eigenvalue weighted by atomic mass is 32.1. The van der Waals surface area contributed by atoms with Crippen LogP contribution in [-0.4, -0.2) is 28.2 Å². The number of carbonyl (C=O) groups excluding carboxylic acids is 2. The molecule has 0 fully saturated rings. The number of alkyl halides is 3. The van der Waals surface area contributed by atoms with E-state index >= 15 is 0 Å². The summed E-state index contributed by atoms with van der Waals surface area (Å²) in [7, 11) is 0. The number of halogens is 3. The van der Waals surface area contributed by atoms with E-state index in [9.17, 15) is 22.8 Å². The molecule has 0 radical (unpaired) electrons. The van der Waals surface area contributed by atoms with Gasteiger partial charge in [-0.1, -0.05) is 11.3 Å². The van der Waals surface area contributed by atoms with Crippen molar-refractivity contribution in [1.82, 2.24) is 9.88 Å². The molecular formula is C16H14F3N3O2S. The molecule has 1 aromatic heterocycles. The molecular weight excluding hydrogens is 355 g/mol. The smallest absolute Gasteiger partial charge is 0.333 e. The van der Waals surface area contributed by atoms with E-state index in [2.05, 4.69) is 10.3 Å². The van der Waals surface area contributed by atoms with Gasteiger partial charge in [0.25, 0.3) is 5.91 Å². The number of anilines is 1. The summed E-state index contributed by atoms with van der Waals surface area (Å²) in [6, 6.07) is 4.19. The Bertz CT molecular complexity index is 815. The molecule has 3 rings (SSSR count). The lowest BCUT2D eigenvalue weighted by Gasteiger charge is -2.26.